The Kier molecular flexibility index (Phi) is 3.90. The minimum atomic E-state index is -0.914. The molecule has 92 valence electrons. The summed E-state index contributed by atoms with van der Waals surface area (Å²) in [4.78, 5) is 11.2. The minimum Gasteiger partial charge on any atom is -0.481 e. The van der Waals surface area contributed by atoms with Crippen LogP contribution in [-0.4, -0.2) is 11.1 Å². The van der Waals surface area contributed by atoms with Crippen LogP contribution in [0.5, 0.6) is 0 Å². The molecule has 0 radical (unpaired) electrons. The number of rotatable bonds is 4. The summed E-state index contributed by atoms with van der Waals surface area (Å²) in [6.45, 7) is 5.58. The Morgan fingerprint density at radius 3 is 2.06 bits per heavy atom. The highest BCUT2D eigenvalue weighted by Gasteiger charge is 2.77. The molecule has 0 aromatic heterocycles. The highest BCUT2D eigenvalue weighted by atomic mass is 79.9. The van der Waals surface area contributed by atoms with Crippen LogP contribution < -0.4 is 0 Å². The number of halogens is 3. The Balaban J connectivity index is 3.27. The SMILES string of the molecule is CCC1(C)C(C(=O)O)C1(CC)C(F)=C(Br)Br. The van der Waals surface area contributed by atoms with Gasteiger partial charge in [-0.1, -0.05) is 20.8 Å². The number of allylic oxidation sites excluding steroid dienone is 1. The summed E-state index contributed by atoms with van der Waals surface area (Å²) in [5.74, 6) is -1.94. The molecule has 0 saturated heterocycles. The van der Waals surface area contributed by atoms with E-state index in [0.717, 1.165) is 0 Å². The van der Waals surface area contributed by atoms with Gasteiger partial charge in [0.25, 0.3) is 0 Å². The zero-order chi connectivity index (χ0) is 12.7. The first-order valence-corrected chi connectivity index (χ1v) is 6.82. The van der Waals surface area contributed by atoms with Gasteiger partial charge in [0.05, 0.1) is 9.31 Å². The van der Waals surface area contributed by atoms with Gasteiger partial charge >= 0.3 is 5.97 Å². The van der Waals surface area contributed by atoms with Gasteiger partial charge in [0.15, 0.2) is 0 Å². The molecule has 0 amide bonds. The first kappa shape index (κ1) is 14.2. The molecule has 1 aliphatic carbocycles. The van der Waals surface area contributed by atoms with E-state index in [0.29, 0.717) is 12.8 Å². The summed E-state index contributed by atoms with van der Waals surface area (Å²) < 4.78 is 14.4. The third kappa shape index (κ3) is 1.58. The Bertz CT molecular complexity index is 352. The molecule has 1 fully saturated rings. The molecule has 0 aromatic rings. The molecule has 0 bridgehead atoms. The van der Waals surface area contributed by atoms with Gasteiger partial charge in [0.2, 0.25) is 0 Å². The Hall–Kier alpha value is 0.100. The molecule has 3 unspecified atom stereocenters. The van der Waals surface area contributed by atoms with Crippen LogP contribution in [0.3, 0.4) is 0 Å². The predicted molar refractivity (Wildman–Crippen MR) is 68.2 cm³/mol. The van der Waals surface area contributed by atoms with Crippen molar-refractivity contribution >= 4 is 37.8 Å². The van der Waals surface area contributed by atoms with Crippen molar-refractivity contribution in [2.75, 3.05) is 0 Å². The number of carboxylic acids is 1. The van der Waals surface area contributed by atoms with E-state index < -0.39 is 22.7 Å². The van der Waals surface area contributed by atoms with Crippen LogP contribution in [0.1, 0.15) is 33.6 Å². The predicted octanol–water partition coefficient (Wildman–Crippen LogP) is 4.44. The number of hydrogen-bond acceptors (Lipinski definition) is 1. The van der Waals surface area contributed by atoms with Crippen LogP contribution in [0.4, 0.5) is 4.39 Å². The summed E-state index contributed by atoms with van der Waals surface area (Å²) in [7, 11) is 0. The fourth-order valence-corrected chi connectivity index (χ4v) is 3.78. The second-order valence-corrected chi connectivity index (χ2v) is 7.09. The van der Waals surface area contributed by atoms with Crippen molar-refractivity contribution in [1.29, 1.82) is 0 Å². The first-order valence-electron chi connectivity index (χ1n) is 5.23. The van der Waals surface area contributed by atoms with E-state index in [-0.39, 0.29) is 9.22 Å². The van der Waals surface area contributed by atoms with E-state index in [1.165, 1.54) is 0 Å². The van der Waals surface area contributed by atoms with Crippen LogP contribution in [-0.2, 0) is 4.79 Å². The molecule has 1 saturated carbocycles. The zero-order valence-electron chi connectivity index (χ0n) is 9.48. The van der Waals surface area contributed by atoms with Crippen LogP contribution >= 0.6 is 31.9 Å². The van der Waals surface area contributed by atoms with Crippen LogP contribution in [0, 0.1) is 16.7 Å². The van der Waals surface area contributed by atoms with Gasteiger partial charge in [0, 0.05) is 5.41 Å². The lowest BCUT2D eigenvalue weighted by atomic mass is 9.89. The fraction of sp³-hybridized carbons (Fsp3) is 0.727. The van der Waals surface area contributed by atoms with Crippen LogP contribution in [0.15, 0.2) is 9.22 Å². The van der Waals surface area contributed by atoms with E-state index in [1.807, 2.05) is 20.8 Å². The summed E-state index contributed by atoms with van der Waals surface area (Å²) in [6.07, 6.45) is 1.14. The Morgan fingerprint density at radius 2 is 1.88 bits per heavy atom. The lowest BCUT2D eigenvalue weighted by Gasteiger charge is -2.18. The molecule has 1 aliphatic rings. The van der Waals surface area contributed by atoms with Gasteiger partial charge in [-0.15, -0.1) is 0 Å². The summed E-state index contributed by atoms with van der Waals surface area (Å²) in [5, 5.41) is 9.20. The molecule has 1 rings (SSSR count). The van der Waals surface area contributed by atoms with Gasteiger partial charge in [-0.3, -0.25) is 4.79 Å². The normalized spacial score (nSPS) is 37.0. The third-order valence-electron chi connectivity index (χ3n) is 4.16. The molecule has 1 N–H and O–H groups in total. The van der Waals surface area contributed by atoms with Crippen molar-refractivity contribution in [3.63, 3.8) is 0 Å². The largest absolute Gasteiger partial charge is 0.481 e. The van der Waals surface area contributed by atoms with Crippen LogP contribution in [0.25, 0.3) is 0 Å². The molecule has 3 atom stereocenters. The number of hydrogen-bond donors (Lipinski definition) is 1. The van der Waals surface area contributed by atoms with Crippen molar-refractivity contribution in [3.05, 3.63) is 9.22 Å². The monoisotopic (exact) mass is 356 g/mol. The van der Waals surface area contributed by atoms with E-state index in [4.69, 9.17) is 0 Å². The second-order valence-electron chi connectivity index (χ2n) is 4.44. The van der Waals surface area contributed by atoms with Crippen molar-refractivity contribution in [2.45, 2.75) is 33.6 Å². The van der Waals surface area contributed by atoms with Gasteiger partial charge < -0.3 is 5.11 Å². The lowest BCUT2D eigenvalue weighted by molar-refractivity contribution is -0.140. The average molecular weight is 358 g/mol. The topological polar surface area (TPSA) is 37.3 Å². The standard InChI is InChI=1S/C11H15Br2FO2/c1-4-10(3)6(9(15)16)11(10,5-2)7(14)8(12)13/h6H,4-5H2,1-3H3,(H,15,16). The molecule has 0 aromatic carbocycles. The number of carboxylic acid groups (broad SMARTS) is 1. The Morgan fingerprint density at radius 1 is 1.38 bits per heavy atom. The molecule has 0 heterocycles. The van der Waals surface area contributed by atoms with Crippen molar-refractivity contribution in [3.8, 4) is 0 Å². The average Bonchev–Trinajstić information content (AvgIpc) is 2.79. The zero-order valence-corrected chi connectivity index (χ0v) is 12.7. The third-order valence-corrected chi connectivity index (χ3v) is 4.86. The summed E-state index contributed by atoms with van der Waals surface area (Å²) in [5.41, 5.74) is -1.36. The first-order chi connectivity index (χ1) is 7.29. The Labute approximate surface area is 112 Å². The molecular weight excluding hydrogens is 343 g/mol. The molecule has 0 aliphatic heterocycles. The molecule has 16 heavy (non-hydrogen) atoms. The highest BCUT2D eigenvalue weighted by molar-refractivity contribution is 9.28. The minimum absolute atomic E-state index is 0.227. The molecule has 5 heteroatoms. The second kappa shape index (κ2) is 4.41. The maximum absolute atomic E-state index is 14.2. The van der Waals surface area contributed by atoms with Crippen molar-refractivity contribution < 1.29 is 14.3 Å². The van der Waals surface area contributed by atoms with Gasteiger partial charge in [0.1, 0.15) is 5.83 Å². The van der Waals surface area contributed by atoms with Crippen LogP contribution in [0.2, 0.25) is 0 Å². The quantitative estimate of drug-likeness (QED) is 0.807. The van der Waals surface area contributed by atoms with Gasteiger partial charge in [-0.2, -0.15) is 0 Å². The summed E-state index contributed by atoms with van der Waals surface area (Å²) in [6, 6.07) is 0. The fourth-order valence-electron chi connectivity index (χ4n) is 3.07. The van der Waals surface area contributed by atoms with Gasteiger partial charge in [-0.25, -0.2) is 4.39 Å². The molecular formula is C11H15Br2FO2. The lowest BCUT2D eigenvalue weighted by Crippen LogP contribution is -2.12. The molecule has 2 nitrogen and oxygen atoms in total. The van der Waals surface area contributed by atoms with Crippen molar-refractivity contribution in [2.24, 2.45) is 16.7 Å². The van der Waals surface area contributed by atoms with Gasteiger partial charge in [-0.05, 0) is 50.1 Å². The smallest absolute Gasteiger partial charge is 0.308 e. The van der Waals surface area contributed by atoms with E-state index >= 15 is 0 Å². The number of carbonyl (C=O) groups is 1. The van der Waals surface area contributed by atoms with E-state index in [1.54, 1.807) is 0 Å². The maximum atomic E-state index is 14.2. The molecule has 0 spiro atoms. The van der Waals surface area contributed by atoms with Crippen molar-refractivity contribution in [1.82, 2.24) is 0 Å². The maximum Gasteiger partial charge on any atom is 0.308 e. The highest BCUT2D eigenvalue weighted by Crippen LogP contribution is 2.76. The van der Waals surface area contributed by atoms with E-state index in [9.17, 15) is 14.3 Å². The van der Waals surface area contributed by atoms with E-state index in [2.05, 4.69) is 31.9 Å². The summed E-state index contributed by atoms with van der Waals surface area (Å²) >= 11 is 6.08. The number of aliphatic carboxylic acids is 1.